The van der Waals surface area contributed by atoms with Gasteiger partial charge in [-0.1, -0.05) is 25.7 Å². The minimum atomic E-state index is -0.168. The summed E-state index contributed by atoms with van der Waals surface area (Å²) in [6.45, 7) is 1.15. The molecule has 0 bridgehead atoms. The molecular weight excluding hydrogens is 228 g/mol. The molecule has 0 aromatic carbocycles. The zero-order valence-electron chi connectivity index (χ0n) is 11.2. The Morgan fingerprint density at radius 2 is 1.83 bits per heavy atom. The number of carbonyl (C=O) groups is 1. The highest BCUT2D eigenvalue weighted by molar-refractivity contribution is 5.78. The highest BCUT2D eigenvalue weighted by Gasteiger charge is 2.24. The van der Waals surface area contributed by atoms with Crippen molar-refractivity contribution in [1.29, 1.82) is 0 Å². The van der Waals surface area contributed by atoms with Crippen molar-refractivity contribution in [2.24, 2.45) is 5.92 Å². The summed E-state index contributed by atoms with van der Waals surface area (Å²) in [6.07, 6.45) is 9.00. The van der Waals surface area contributed by atoms with Gasteiger partial charge in [-0.05, 0) is 31.6 Å². The third-order valence-corrected chi connectivity index (χ3v) is 4.28. The van der Waals surface area contributed by atoms with Crippen molar-refractivity contribution in [3.8, 4) is 0 Å². The molecule has 0 aromatic heterocycles. The molecule has 0 radical (unpaired) electrons. The SMILES string of the molecule is O=C(CNCC1CCCC1O)NC1CCCCC1. The second-order valence-electron chi connectivity index (χ2n) is 5.79. The zero-order valence-corrected chi connectivity index (χ0v) is 11.2. The molecule has 2 aliphatic carbocycles. The number of aliphatic hydroxyl groups is 1. The van der Waals surface area contributed by atoms with Crippen LogP contribution in [-0.4, -0.2) is 36.2 Å². The first-order chi connectivity index (χ1) is 8.75. The number of rotatable bonds is 5. The fraction of sp³-hybridized carbons (Fsp3) is 0.929. The molecule has 2 saturated carbocycles. The van der Waals surface area contributed by atoms with Gasteiger partial charge in [-0.15, -0.1) is 0 Å². The first-order valence-corrected chi connectivity index (χ1v) is 7.44. The molecule has 2 unspecified atom stereocenters. The Hall–Kier alpha value is -0.610. The van der Waals surface area contributed by atoms with Crippen LogP contribution in [0.3, 0.4) is 0 Å². The Kier molecular flexibility index (Phi) is 5.45. The molecule has 104 valence electrons. The summed E-state index contributed by atoms with van der Waals surface area (Å²) in [5.41, 5.74) is 0. The summed E-state index contributed by atoms with van der Waals surface area (Å²) in [5.74, 6) is 0.446. The zero-order chi connectivity index (χ0) is 12.8. The predicted octanol–water partition coefficient (Wildman–Crippen LogP) is 1.19. The maximum absolute atomic E-state index is 11.7. The van der Waals surface area contributed by atoms with E-state index in [2.05, 4.69) is 10.6 Å². The molecule has 1 amide bonds. The average Bonchev–Trinajstić information content (AvgIpc) is 2.76. The highest BCUT2D eigenvalue weighted by atomic mass is 16.3. The molecule has 3 N–H and O–H groups in total. The molecule has 0 aliphatic heterocycles. The monoisotopic (exact) mass is 254 g/mol. The number of hydrogen-bond donors (Lipinski definition) is 3. The molecule has 2 fully saturated rings. The molecule has 2 aliphatic rings. The lowest BCUT2D eigenvalue weighted by atomic mass is 9.95. The van der Waals surface area contributed by atoms with Crippen LogP contribution in [0.4, 0.5) is 0 Å². The smallest absolute Gasteiger partial charge is 0.234 e. The third kappa shape index (κ3) is 4.25. The van der Waals surface area contributed by atoms with Crippen LogP contribution in [0.1, 0.15) is 51.4 Å². The van der Waals surface area contributed by atoms with Gasteiger partial charge in [0.1, 0.15) is 0 Å². The maximum atomic E-state index is 11.7. The van der Waals surface area contributed by atoms with Crippen molar-refractivity contribution < 1.29 is 9.90 Å². The number of nitrogens with one attached hydrogen (secondary N) is 2. The van der Waals surface area contributed by atoms with Crippen LogP contribution >= 0.6 is 0 Å². The van der Waals surface area contributed by atoms with E-state index >= 15 is 0 Å². The molecular formula is C14H26N2O2. The largest absolute Gasteiger partial charge is 0.393 e. The van der Waals surface area contributed by atoms with Gasteiger partial charge in [-0.2, -0.15) is 0 Å². The predicted molar refractivity (Wildman–Crippen MR) is 71.2 cm³/mol. The van der Waals surface area contributed by atoms with E-state index in [0.717, 1.165) is 38.6 Å². The van der Waals surface area contributed by atoms with Crippen molar-refractivity contribution in [1.82, 2.24) is 10.6 Å². The first-order valence-electron chi connectivity index (χ1n) is 7.44. The van der Waals surface area contributed by atoms with Crippen LogP contribution in [0.15, 0.2) is 0 Å². The van der Waals surface area contributed by atoms with Gasteiger partial charge in [0.2, 0.25) is 5.91 Å². The molecule has 2 atom stereocenters. The van der Waals surface area contributed by atoms with Crippen molar-refractivity contribution in [3.05, 3.63) is 0 Å². The van der Waals surface area contributed by atoms with Gasteiger partial charge in [0.25, 0.3) is 0 Å². The van der Waals surface area contributed by atoms with Gasteiger partial charge in [-0.3, -0.25) is 4.79 Å². The second kappa shape index (κ2) is 7.10. The Balaban J connectivity index is 1.56. The van der Waals surface area contributed by atoms with E-state index in [-0.39, 0.29) is 12.0 Å². The Morgan fingerprint density at radius 3 is 2.50 bits per heavy atom. The lowest BCUT2D eigenvalue weighted by Crippen LogP contribution is -2.42. The van der Waals surface area contributed by atoms with Gasteiger partial charge in [-0.25, -0.2) is 0 Å². The number of amides is 1. The minimum absolute atomic E-state index is 0.106. The van der Waals surface area contributed by atoms with E-state index in [4.69, 9.17) is 0 Å². The van der Waals surface area contributed by atoms with Crippen molar-refractivity contribution >= 4 is 5.91 Å². The van der Waals surface area contributed by atoms with Gasteiger partial charge in [0.05, 0.1) is 12.6 Å². The lowest BCUT2D eigenvalue weighted by molar-refractivity contribution is -0.121. The Morgan fingerprint density at radius 1 is 1.06 bits per heavy atom. The van der Waals surface area contributed by atoms with E-state index in [9.17, 15) is 9.90 Å². The van der Waals surface area contributed by atoms with Crippen LogP contribution in [0.5, 0.6) is 0 Å². The minimum Gasteiger partial charge on any atom is -0.393 e. The van der Waals surface area contributed by atoms with Crippen LogP contribution < -0.4 is 10.6 Å². The number of hydrogen-bond acceptors (Lipinski definition) is 3. The van der Waals surface area contributed by atoms with E-state index in [1.807, 2.05) is 0 Å². The molecule has 0 heterocycles. The summed E-state index contributed by atoms with van der Waals surface area (Å²) in [4.78, 5) is 11.7. The first kappa shape index (κ1) is 13.8. The molecule has 4 nitrogen and oxygen atoms in total. The lowest BCUT2D eigenvalue weighted by Gasteiger charge is -2.23. The van der Waals surface area contributed by atoms with Crippen LogP contribution in [0.25, 0.3) is 0 Å². The fourth-order valence-corrected chi connectivity index (χ4v) is 3.15. The summed E-state index contributed by atoms with van der Waals surface area (Å²) in [7, 11) is 0. The molecule has 0 spiro atoms. The van der Waals surface area contributed by atoms with Crippen molar-refractivity contribution in [3.63, 3.8) is 0 Å². The second-order valence-corrected chi connectivity index (χ2v) is 5.79. The molecule has 0 saturated heterocycles. The Bertz CT molecular complexity index is 265. The molecule has 0 aromatic rings. The number of aliphatic hydroxyl groups excluding tert-OH is 1. The topological polar surface area (TPSA) is 61.4 Å². The van der Waals surface area contributed by atoms with Gasteiger partial charge in [0, 0.05) is 12.6 Å². The summed E-state index contributed by atoms with van der Waals surface area (Å²) < 4.78 is 0. The number of carbonyl (C=O) groups excluding carboxylic acids is 1. The van der Waals surface area contributed by atoms with Gasteiger partial charge in [0.15, 0.2) is 0 Å². The van der Waals surface area contributed by atoms with Crippen molar-refractivity contribution in [2.75, 3.05) is 13.1 Å². The third-order valence-electron chi connectivity index (χ3n) is 4.28. The van der Waals surface area contributed by atoms with Crippen LogP contribution in [0.2, 0.25) is 0 Å². The fourth-order valence-electron chi connectivity index (χ4n) is 3.15. The maximum Gasteiger partial charge on any atom is 0.234 e. The summed E-state index contributed by atoms with van der Waals surface area (Å²) in [6, 6.07) is 0.394. The summed E-state index contributed by atoms with van der Waals surface area (Å²) in [5, 5.41) is 15.9. The quantitative estimate of drug-likeness (QED) is 0.690. The van der Waals surface area contributed by atoms with E-state index in [1.165, 1.54) is 19.3 Å². The van der Waals surface area contributed by atoms with Crippen LogP contribution in [0, 0.1) is 5.92 Å². The average molecular weight is 254 g/mol. The van der Waals surface area contributed by atoms with E-state index < -0.39 is 0 Å². The van der Waals surface area contributed by atoms with Crippen LogP contribution in [-0.2, 0) is 4.79 Å². The molecule has 2 rings (SSSR count). The normalized spacial score (nSPS) is 29.4. The van der Waals surface area contributed by atoms with Gasteiger partial charge >= 0.3 is 0 Å². The molecule has 4 heteroatoms. The molecule has 18 heavy (non-hydrogen) atoms. The summed E-state index contributed by atoms with van der Waals surface area (Å²) >= 11 is 0. The standard InChI is InChI=1S/C14H26N2O2/c17-13-8-4-5-11(13)9-15-10-14(18)16-12-6-2-1-3-7-12/h11-13,15,17H,1-10H2,(H,16,18). The van der Waals surface area contributed by atoms with Gasteiger partial charge < -0.3 is 15.7 Å². The van der Waals surface area contributed by atoms with E-state index in [0.29, 0.717) is 18.5 Å². The van der Waals surface area contributed by atoms with E-state index in [1.54, 1.807) is 0 Å². The van der Waals surface area contributed by atoms with Crippen molar-refractivity contribution in [2.45, 2.75) is 63.5 Å². The Labute approximate surface area is 110 Å². The highest BCUT2D eigenvalue weighted by Crippen LogP contribution is 2.24.